The molecule has 0 saturated heterocycles. The number of rotatable bonds is 6. The molecule has 0 bridgehead atoms. The fourth-order valence-electron chi connectivity index (χ4n) is 1.21. The normalized spacial score (nSPS) is 12.6. The van der Waals surface area contributed by atoms with Crippen molar-refractivity contribution in [3.8, 4) is 0 Å². The van der Waals surface area contributed by atoms with E-state index in [9.17, 15) is 9.00 Å². The summed E-state index contributed by atoms with van der Waals surface area (Å²) in [4.78, 5) is 10.6. The Morgan fingerprint density at radius 1 is 1.53 bits per heavy atom. The molecule has 1 aromatic rings. The minimum absolute atomic E-state index is 0.179. The van der Waals surface area contributed by atoms with E-state index in [1.807, 2.05) is 0 Å². The van der Waals surface area contributed by atoms with Crippen LogP contribution in [-0.2, 0) is 11.0 Å². The van der Waals surface area contributed by atoms with Crippen molar-refractivity contribution >= 4 is 17.0 Å². The highest BCUT2D eigenvalue weighted by molar-refractivity contribution is 7.83. The molecule has 15 heavy (non-hydrogen) atoms. The highest BCUT2D eigenvalue weighted by Gasteiger charge is 2.07. The quantitative estimate of drug-likeness (QED) is 0.758. The Labute approximate surface area is 91.5 Å². The van der Waals surface area contributed by atoms with Crippen LogP contribution in [0.25, 0.3) is 0 Å². The van der Waals surface area contributed by atoms with Gasteiger partial charge in [-0.3, -0.25) is 3.97 Å². The minimum Gasteiger partial charge on any atom is -0.478 e. The Bertz CT molecular complexity index is 359. The maximum Gasteiger partial charge on any atom is 0.337 e. The number of carbonyl (C=O) groups is 1. The molecule has 0 spiro atoms. The molecule has 0 aliphatic heterocycles. The Kier molecular flexibility index (Phi) is 4.55. The molecule has 0 saturated carbocycles. The van der Waals surface area contributed by atoms with Gasteiger partial charge in [0.25, 0.3) is 0 Å². The van der Waals surface area contributed by atoms with E-state index >= 15 is 0 Å². The smallest absolute Gasteiger partial charge is 0.337 e. The Hall–Kier alpha value is -1.10. The first-order valence-corrected chi connectivity index (χ1v) is 6.23. The maximum absolute atomic E-state index is 11.6. The first kappa shape index (κ1) is 12.0. The summed E-state index contributed by atoms with van der Waals surface area (Å²) in [5.74, 6) is -0.402. The zero-order valence-corrected chi connectivity index (χ0v) is 9.50. The van der Waals surface area contributed by atoms with Gasteiger partial charge < -0.3 is 5.11 Å². The van der Waals surface area contributed by atoms with Crippen LogP contribution in [0.2, 0.25) is 0 Å². The zero-order chi connectivity index (χ0) is 11.3. The van der Waals surface area contributed by atoms with Gasteiger partial charge in [-0.05, 0) is 12.5 Å². The highest BCUT2D eigenvalue weighted by Crippen LogP contribution is 2.05. The third kappa shape index (κ3) is 3.51. The maximum atomic E-state index is 11.6. The monoisotopic (exact) mass is 229 g/mol. The van der Waals surface area contributed by atoms with Gasteiger partial charge in [-0.15, -0.1) is 0 Å². The molecule has 0 radical (unpaired) electrons. The molecular formula is C10H15NO3S. The Balaban J connectivity index is 2.54. The second-order valence-electron chi connectivity index (χ2n) is 3.30. The van der Waals surface area contributed by atoms with Gasteiger partial charge in [0, 0.05) is 18.1 Å². The van der Waals surface area contributed by atoms with Crippen LogP contribution in [0, 0.1) is 0 Å². The number of aromatic nitrogens is 1. The molecule has 84 valence electrons. The summed E-state index contributed by atoms with van der Waals surface area (Å²) in [6.07, 6.45) is 6.00. The van der Waals surface area contributed by atoms with Crippen LogP contribution in [-0.4, -0.2) is 25.0 Å². The molecule has 5 heteroatoms. The second kappa shape index (κ2) is 5.70. The number of aromatic carboxylic acids is 1. The van der Waals surface area contributed by atoms with E-state index in [0.717, 1.165) is 19.3 Å². The fraction of sp³-hybridized carbons (Fsp3) is 0.500. The van der Waals surface area contributed by atoms with Crippen molar-refractivity contribution < 1.29 is 14.1 Å². The van der Waals surface area contributed by atoms with Crippen molar-refractivity contribution in [2.24, 2.45) is 0 Å². The number of hydrogen-bond donors (Lipinski definition) is 1. The Morgan fingerprint density at radius 2 is 2.27 bits per heavy atom. The summed E-state index contributed by atoms with van der Waals surface area (Å²) >= 11 is 0. The van der Waals surface area contributed by atoms with Crippen LogP contribution in [0.5, 0.6) is 0 Å². The molecule has 1 aromatic heterocycles. The summed E-state index contributed by atoms with van der Waals surface area (Å²) in [6, 6.07) is 1.46. The number of nitrogens with zero attached hydrogens (tertiary/aromatic N) is 1. The molecule has 0 amide bonds. The SMILES string of the molecule is CCCCCS(=O)n1ccc(C(=O)O)c1. The van der Waals surface area contributed by atoms with Gasteiger partial charge >= 0.3 is 5.97 Å². The molecule has 0 fully saturated rings. The van der Waals surface area contributed by atoms with E-state index < -0.39 is 17.0 Å². The molecule has 1 N–H and O–H groups in total. The summed E-state index contributed by atoms with van der Waals surface area (Å²) < 4.78 is 13.1. The van der Waals surface area contributed by atoms with Gasteiger partial charge in [0.05, 0.1) is 5.56 Å². The van der Waals surface area contributed by atoms with Gasteiger partial charge in [-0.25, -0.2) is 9.00 Å². The van der Waals surface area contributed by atoms with Crippen LogP contribution >= 0.6 is 0 Å². The topological polar surface area (TPSA) is 59.3 Å². The molecule has 0 aliphatic rings. The molecule has 1 atom stereocenters. The van der Waals surface area contributed by atoms with Gasteiger partial charge in [0.15, 0.2) is 0 Å². The Morgan fingerprint density at radius 3 is 2.80 bits per heavy atom. The van der Waals surface area contributed by atoms with E-state index in [1.165, 1.54) is 16.2 Å². The van der Waals surface area contributed by atoms with Gasteiger partial charge in [0.1, 0.15) is 11.0 Å². The lowest BCUT2D eigenvalue weighted by Gasteiger charge is -2.01. The lowest BCUT2D eigenvalue weighted by molar-refractivity contribution is 0.0697. The first-order valence-electron chi connectivity index (χ1n) is 4.95. The zero-order valence-electron chi connectivity index (χ0n) is 8.68. The third-order valence-electron chi connectivity index (χ3n) is 2.07. The molecule has 4 nitrogen and oxygen atoms in total. The lowest BCUT2D eigenvalue weighted by atomic mass is 10.3. The van der Waals surface area contributed by atoms with Gasteiger partial charge in [-0.1, -0.05) is 19.8 Å². The van der Waals surface area contributed by atoms with Crippen molar-refractivity contribution in [3.63, 3.8) is 0 Å². The largest absolute Gasteiger partial charge is 0.478 e. The minimum atomic E-state index is -1.13. The molecule has 0 aliphatic carbocycles. The average molecular weight is 229 g/mol. The summed E-state index contributed by atoms with van der Waals surface area (Å²) in [5.41, 5.74) is 0.179. The van der Waals surface area contributed by atoms with Crippen molar-refractivity contribution in [3.05, 3.63) is 24.0 Å². The van der Waals surface area contributed by atoms with Gasteiger partial charge in [0.2, 0.25) is 0 Å². The lowest BCUT2D eigenvalue weighted by Crippen LogP contribution is -2.06. The van der Waals surface area contributed by atoms with E-state index in [0.29, 0.717) is 5.75 Å². The van der Waals surface area contributed by atoms with E-state index in [4.69, 9.17) is 5.11 Å². The van der Waals surface area contributed by atoms with Crippen molar-refractivity contribution in [1.82, 2.24) is 3.97 Å². The standard InChI is InChI=1S/C10H15NO3S/c1-2-3-4-7-15(14)11-6-5-9(8-11)10(12)13/h5-6,8H,2-4,7H2,1H3,(H,12,13). The van der Waals surface area contributed by atoms with E-state index in [-0.39, 0.29) is 5.56 Å². The number of carboxylic acids is 1. The summed E-state index contributed by atoms with van der Waals surface area (Å²) in [7, 11) is -1.13. The molecular weight excluding hydrogens is 214 g/mol. The van der Waals surface area contributed by atoms with Crippen molar-refractivity contribution in [2.45, 2.75) is 26.2 Å². The molecule has 1 heterocycles. The van der Waals surface area contributed by atoms with Crippen LogP contribution < -0.4 is 0 Å². The average Bonchev–Trinajstić information content (AvgIpc) is 2.66. The summed E-state index contributed by atoms with van der Waals surface area (Å²) in [6.45, 7) is 2.08. The fourth-order valence-corrected chi connectivity index (χ4v) is 2.30. The number of unbranched alkanes of at least 4 members (excludes halogenated alkanes) is 2. The van der Waals surface area contributed by atoms with E-state index in [2.05, 4.69) is 6.92 Å². The highest BCUT2D eigenvalue weighted by atomic mass is 32.2. The predicted octanol–water partition coefficient (Wildman–Crippen LogP) is 1.89. The summed E-state index contributed by atoms with van der Waals surface area (Å²) in [5, 5.41) is 8.68. The molecule has 1 unspecified atom stereocenters. The second-order valence-corrected chi connectivity index (χ2v) is 4.77. The molecule has 1 rings (SSSR count). The van der Waals surface area contributed by atoms with Crippen LogP contribution in [0.15, 0.2) is 18.5 Å². The van der Waals surface area contributed by atoms with Crippen LogP contribution in [0.3, 0.4) is 0 Å². The van der Waals surface area contributed by atoms with Crippen LogP contribution in [0.1, 0.15) is 36.5 Å². The number of carboxylic acid groups (broad SMARTS) is 1. The third-order valence-corrected chi connectivity index (χ3v) is 3.41. The number of hydrogen-bond acceptors (Lipinski definition) is 2. The van der Waals surface area contributed by atoms with Crippen molar-refractivity contribution in [2.75, 3.05) is 5.75 Å². The van der Waals surface area contributed by atoms with Crippen molar-refractivity contribution in [1.29, 1.82) is 0 Å². The predicted molar refractivity (Wildman–Crippen MR) is 59.3 cm³/mol. The van der Waals surface area contributed by atoms with E-state index in [1.54, 1.807) is 6.20 Å². The first-order chi connectivity index (χ1) is 7.15. The molecule has 0 aromatic carbocycles. The van der Waals surface area contributed by atoms with Gasteiger partial charge in [-0.2, -0.15) is 0 Å². The van der Waals surface area contributed by atoms with Crippen LogP contribution in [0.4, 0.5) is 0 Å².